The van der Waals surface area contributed by atoms with Crippen LogP contribution in [0, 0.1) is 5.82 Å². The molecule has 0 aliphatic carbocycles. The number of halogens is 1. The largest absolute Gasteiger partial charge is 0.320 e. The zero-order chi connectivity index (χ0) is 17.9. The van der Waals surface area contributed by atoms with Crippen molar-refractivity contribution in [3.63, 3.8) is 0 Å². The van der Waals surface area contributed by atoms with Gasteiger partial charge in [0.05, 0.1) is 5.69 Å². The van der Waals surface area contributed by atoms with Crippen molar-refractivity contribution in [3.05, 3.63) is 101 Å². The van der Waals surface area contributed by atoms with E-state index in [0.29, 0.717) is 17.0 Å². The zero-order valence-electron chi connectivity index (χ0n) is 13.7. The first-order valence-corrected chi connectivity index (χ1v) is 8.10. The maximum Gasteiger partial charge on any atom is 0.276 e. The minimum atomic E-state index is -0.428. The first kappa shape index (κ1) is 15.9. The van der Waals surface area contributed by atoms with E-state index in [1.165, 1.54) is 18.2 Å². The Morgan fingerprint density at radius 3 is 2.08 bits per heavy atom. The van der Waals surface area contributed by atoms with Gasteiger partial charge in [0.2, 0.25) is 0 Å². The number of hydrogen-bond donors (Lipinski definition) is 1. The van der Waals surface area contributed by atoms with Gasteiger partial charge >= 0.3 is 0 Å². The number of nitrogens with one attached hydrogen (secondary N) is 1. The summed E-state index contributed by atoms with van der Waals surface area (Å²) in [7, 11) is 0. The lowest BCUT2D eigenvalue weighted by Crippen LogP contribution is -2.14. The third-order valence-corrected chi connectivity index (χ3v) is 4.04. The molecule has 0 radical (unpaired) electrons. The van der Waals surface area contributed by atoms with Crippen LogP contribution in [0.5, 0.6) is 0 Å². The average Bonchev–Trinajstić information content (AvgIpc) is 2.98. The fourth-order valence-electron chi connectivity index (χ4n) is 2.80. The third kappa shape index (κ3) is 3.02. The molecule has 1 aliphatic heterocycles. The van der Waals surface area contributed by atoms with Crippen molar-refractivity contribution >= 4 is 23.0 Å². The molecule has 1 amide bonds. The molecule has 3 aromatic rings. The highest BCUT2D eigenvalue weighted by molar-refractivity contribution is 6.53. The molecular weight excluding hydrogens is 329 g/mol. The second kappa shape index (κ2) is 6.72. The van der Waals surface area contributed by atoms with E-state index in [1.807, 2.05) is 60.7 Å². The monoisotopic (exact) mass is 343 g/mol. The van der Waals surface area contributed by atoms with E-state index in [9.17, 15) is 9.18 Å². The first-order chi connectivity index (χ1) is 12.7. The molecule has 126 valence electrons. The summed E-state index contributed by atoms with van der Waals surface area (Å²) in [6.45, 7) is 0. The van der Waals surface area contributed by atoms with Crippen LogP contribution < -0.4 is 5.32 Å². The number of rotatable bonds is 3. The summed E-state index contributed by atoms with van der Waals surface area (Å²) in [5.41, 5.74) is 3.44. The Kier molecular flexibility index (Phi) is 4.11. The van der Waals surface area contributed by atoms with Crippen molar-refractivity contribution in [2.24, 2.45) is 10.2 Å². The van der Waals surface area contributed by atoms with Gasteiger partial charge in [0.15, 0.2) is 5.71 Å². The molecule has 0 saturated heterocycles. The lowest BCUT2D eigenvalue weighted by atomic mass is 10.0. The summed E-state index contributed by atoms with van der Waals surface area (Å²) in [5, 5.41) is 11.2. The second-order valence-corrected chi connectivity index (χ2v) is 5.77. The first-order valence-electron chi connectivity index (χ1n) is 8.10. The van der Waals surface area contributed by atoms with Crippen molar-refractivity contribution in [2.75, 3.05) is 5.32 Å². The number of hydrogen-bond acceptors (Lipinski definition) is 3. The van der Waals surface area contributed by atoms with E-state index in [0.717, 1.165) is 11.1 Å². The van der Waals surface area contributed by atoms with Crippen LogP contribution in [0.15, 0.2) is 89.1 Å². The minimum Gasteiger partial charge on any atom is -0.320 e. The highest BCUT2D eigenvalue weighted by atomic mass is 19.1. The average molecular weight is 343 g/mol. The van der Waals surface area contributed by atoms with Gasteiger partial charge in [-0.15, -0.1) is 10.2 Å². The fraction of sp³-hybridized carbons (Fsp3) is 0. The fourth-order valence-corrected chi connectivity index (χ4v) is 2.80. The number of carbonyl (C=O) groups is 1. The second-order valence-electron chi connectivity index (χ2n) is 5.77. The summed E-state index contributed by atoms with van der Waals surface area (Å²) >= 11 is 0. The molecule has 1 aliphatic rings. The Hall–Kier alpha value is -3.60. The molecule has 0 fully saturated rings. The number of fused-ring (bicyclic) bond motifs is 1. The van der Waals surface area contributed by atoms with Crippen molar-refractivity contribution in [1.82, 2.24) is 0 Å². The highest BCUT2D eigenvalue weighted by Gasteiger charge is 2.26. The summed E-state index contributed by atoms with van der Waals surface area (Å²) < 4.78 is 13.6. The topological polar surface area (TPSA) is 53.8 Å². The molecule has 5 heteroatoms. The summed E-state index contributed by atoms with van der Waals surface area (Å²) in [5.74, 6) is -0.821. The van der Waals surface area contributed by atoms with Gasteiger partial charge < -0.3 is 5.32 Å². The van der Waals surface area contributed by atoms with E-state index in [-0.39, 0.29) is 5.71 Å². The Morgan fingerprint density at radius 1 is 0.846 bits per heavy atom. The van der Waals surface area contributed by atoms with Gasteiger partial charge in [-0.2, -0.15) is 0 Å². The quantitative estimate of drug-likeness (QED) is 0.567. The number of amides is 1. The molecule has 0 atom stereocenters. The molecule has 4 nitrogen and oxygen atoms in total. The number of nitrogens with zero attached hydrogens (tertiary/aromatic N) is 2. The molecule has 0 aromatic heterocycles. The van der Waals surface area contributed by atoms with Crippen LogP contribution in [0.2, 0.25) is 0 Å². The van der Waals surface area contributed by atoms with Gasteiger partial charge in [-0.25, -0.2) is 4.39 Å². The van der Waals surface area contributed by atoms with Crippen LogP contribution in [0.3, 0.4) is 0 Å². The third-order valence-electron chi connectivity index (χ3n) is 4.04. The lowest BCUT2D eigenvalue weighted by molar-refractivity contribution is -0.110. The zero-order valence-corrected chi connectivity index (χ0v) is 13.7. The number of anilines is 1. The molecule has 0 spiro atoms. The van der Waals surface area contributed by atoms with Crippen LogP contribution in [-0.2, 0) is 4.79 Å². The van der Waals surface area contributed by atoms with E-state index in [1.54, 1.807) is 0 Å². The van der Waals surface area contributed by atoms with Crippen LogP contribution in [0.4, 0.5) is 10.1 Å². The van der Waals surface area contributed by atoms with Gasteiger partial charge in [-0.05, 0) is 18.2 Å². The van der Waals surface area contributed by atoms with E-state index < -0.39 is 11.7 Å². The maximum absolute atomic E-state index is 13.6. The predicted octanol–water partition coefficient (Wildman–Crippen LogP) is 4.02. The highest BCUT2D eigenvalue weighted by Crippen LogP contribution is 2.24. The Balaban J connectivity index is 1.83. The van der Waals surface area contributed by atoms with E-state index in [4.69, 9.17) is 0 Å². The summed E-state index contributed by atoms with van der Waals surface area (Å²) in [4.78, 5) is 12.2. The summed E-state index contributed by atoms with van der Waals surface area (Å²) in [6.07, 6.45) is 0. The SMILES string of the molecule is O=C1Nc2ccc(F)cc2/C1=N\N=C(c1ccccc1)c1ccccc1. The molecule has 0 unspecified atom stereocenters. The molecule has 1 heterocycles. The number of benzene rings is 3. The molecule has 4 rings (SSSR count). The molecule has 0 bridgehead atoms. The molecule has 3 aromatic carbocycles. The van der Waals surface area contributed by atoms with E-state index in [2.05, 4.69) is 15.5 Å². The van der Waals surface area contributed by atoms with Crippen LogP contribution in [0.25, 0.3) is 0 Å². The predicted molar refractivity (Wildman–Crippen MR) is 100 cm³/mol. The van der Waals surface area contributed by atoms with Crippen LogP contribution in [0.1, 0.15) is 16.7 Å². The van der Waals surface area contributed by atoms with Crippen LogP contribution in [-0.4, -0.2) is 17.3 Å². The van der Waals surface area contributed by atoms with Crippen LogP contribution >= 0.6 is 0 Å². The van der Waals surface area contributed by atoms with Gasteiger partial charge in [0.1, 0.15) is 11.5 Å². The Labute approximate surface area is 149 Å². The van der Waals surface area contributed by atoms with Crippen molar-refractivity contribution in [1.29, 1.82) is 0 Å². The van der Waals surface area contributed by atoms with Gasteiger partial charge in [0.25, 0.3) is 5.91 Å². The molecule has 0 saturated carbocycles. The molecule has 1 N–H and O–H groups in total. The standard InChI is InChI=1S/C21H14FN3O/c22-16-11-12-18-17(13-16)20(21(26)23-18)25-24-19(14-7-3-1-4-8-14)15-9-5-2-6-10-15/h1-13H,(H,23,25,26). The normalized spacial score (nSPS) is 14.0. The molecular formula is C21H14FN3O. The Morgan fingerprint density at radius 2 is 1.46 bits per heavy atom. The van der Waals surface area contributed by atoms with Gasteiger partial charge in [0, 0.05) is 16.7 Å². The van der Waals surface area contributed by atoms with Crippen molar-refractivity contribution in [2.45, 2.75) is 0 Å². The number of carbonyl (C=O) groups excluding carboxylic acids is 1. The maximum atomic E-state index is 13.6. The Bertz CT molecular complexity index is 986. The summed E-state index contributed by atoms with van der Waals surface area (Å²) in [6, 6.07) is 23.3. The van der Waals surface area contributed by atoms with E-state index >= 15 is 0 Å². The van der Waals surface area contributed by atoms with Gasteiger partial charge in [-0.1, -0.05) is 60.7 Å². The van der Waals surface area contributed by atoms with Crippen molar-refractivity contribution < 1.29 is 9.18 Å². The molecule has 26 heavy (non-hydrogen) atoms. The van der Waals surface area contributed by atoms with Gasteiger partial charge in [-0.3, -0.25) is 4.79 Å². The lowest BCUT2D eigenvalue weighted by Gasteiger charge is -2.05. The van der Waals surface area contributed by atoms with Crippen molar-refractivity contribution in [3.8, 4) is 0 Å². The smallest absolute Gasteiger partial charge is 0.276 e. The minimum absolute atomic E-state index is 0.101.